The molecule has 0 bridgehead atoms. The van der Waals surface area contributed by atoms with Crippen LogP contribution in [-0.2, 0) is 0 Å². The maximum Gasteiger partial charge on any atom is 0.280 e. The summed E-state index contributed by atoms with van der Waals surface area (Å²) in [6, 6.07) is 3.64. The van der Waals surface area contributed by atoms with Gasteiger partial charge >= 0.3 is 0 Å². The maximum absolute atomic E-state index is 12.9. The first-order valence-corrected chi connectivity index (χ1v) is 5.35. The number of amides is 1. The normalized spacial score (nSPS) is 10.9. The van der Waals surface area contributed by atoms with Crippen LogP contribution in [0.1, 0.15) is 16.2 Å². The number of halogens is 3. The SMILES string of the molecule is O=C(Nc1ccc(F)c(Cl)c1)c1nonc1/C=C/F. The lowest BCUT2D eigenvalue weighted by molar-refractivity contribution is 0.101. The molecule has 8 heteroatoms. The Kier molecular flexibility index (Phi) is 3.86. The summed E-state index contributed by atoms with van der Waals surface area (Å²) in [4.78, 5) is 11.8. The van der Waals surface area contributed by atoms with Gasteiger partial charge < -0.3 is 5.32 Å². The summed E-state index contributed by atoms with van der Waals surface area (Å²) in [6.45, 7) is 0. The van der Waals surface area contributed by atoms with Crippen molar-refractivity contribution in [2.75, 3.05) is 5.32 Å². The van der Waals surface area contributed by atoms with E-state index in [1.165, 1.54) is 12.1 Å². The molecule has 0 unspecified atom stereocenters. The predicted molar refractivity (Wildman–Crippen MR) is 63.8 cm³/mol. The minimum Gasteiger partial charge on any atom is -0.320 e. The fourth-order valence-corrected chi connectivity index (χ4v) is 1.47. The largest absolute Gasteiger partial charge is 0.320 e. The number of carbonyl (C=O) groups is 1. The number of carbonyl (C=O) groups excluding carboxylic acids is 1. The summed E-state index contributed by atoms with van der Waals surface area (Å²) < 4.78 is 29.3. The third-order valence-electron chi connectivity index (χ3n) is 2.13. The Bertz CT molecular complexity index is 643. The van der Waals surface area contributed by atoms with Gasteiger partial charge in [0.05, 0.1) is 11.4 Å². The molecule has 1 aromatic carbocycles. The van der Waals surface area contributed by atoms with Crippen molar-refractivity contribution in [1.82, 2.24) is 10.3 Å². The Morgan fingerprint density at radius 3 is 2.89 bits per heavy atom. The van der Waals surface area contributed by atoms with Crippen LogP contribution in [0.3, 0.4) is 0 Å². The van der Waals surface area contributed by atoms with Crippen molar-refractivity contribution < 1.29 is 18.2 Å². The van der Waals surface area contributed by atoms with Crippen LogP contribution in [0.25, 0.3) is 6.08 Å². The van der Waals surface area contributed by atoms with Crippen LogP contribution >= 0.6 is 11.6 Å². The molecule has 0 radical (unpaired) electrons. The monoisotopic (exact) mass is 285 g/mol. The van der Waals surface area contributed by atoms with Crippen molar-refractivity contribution in [1.29, 1.82) is 0 Å². The zero-order valence-corrected chi connectivity index (χ0v) is 9.99. The number of aromatic nitrogens is 2. The van der Waals surface area contributed by atoms with Gasteiger partial charge in [-0.05, 0) is 34.6 Å². The summed E-state index contributed by atoms with van der Waals surface area (Å²) in [7, 11) is 0. The summed E-state index contributed by atoms with van der Waals surface area (Å²) in [6.07, 6.45) is 1.12. The van der Waals surface area contributed by atoms with E-state index in [1.807, 2.05) is 0 Å². The molecule has 2 aromatic rings. The Labute approximate surface area is 110 Å². The van der Waals surface area contributed by atoms with Crippen molar-refractivity contribution in [3.05, 3.63) is 46.8 Å². The van der Waals surface area contributed by atoms with Crippen LogP contribution in [0.2, 0.25) is 5.02 Å². The van der Waals surface area contributed by atoms with Gasteiger partial charge in [-0.15, -0.1) is 0 Å². The van der Waals surface area contributed by atoms with E-state index in [0.717, 1.165) is 12.1 Å². The highest BCUT2D eigenvalue weighted by Gasteiger charge is 2.17. The van der Waals surface area contributed by atoms with E-state index >= 15 is 0 Å². The highest BCUT2D eigenvalue weighted by molar-refractivity contribution is 6.31. The second kappa shape index (κ2) is 5.57. The van der Waals surface area contributed by atoms with E-state index in [1.54, 1.807) is 0 Å². The Morgan fingerprint density at radius 2 is 2.21 bits per heavy atom. The van der Waals surface area contributed by atoms with Gasteiger partial charge in [-0.3, -0.25) is 4.79 Å². The predicted octanol–water partition coefficient (Wildman–Crippen LogP) is 3.05. The molecule has 0 saturated carbocycles. The molecule has 0 aliphatic carbocycles. The fourth-order valence-electron chi connectivity index (χ4n) is 1.29. The zero-order chi connectivity index (χ0) is 13.8. The van der Waals surface area contributed by atoms with E-state index in [9.17, 15) is 13.6 Å². The quantitative estimate of drug-likeness (QED) is 0.941. The third-order valence-corrected chi connectivity index (χ3v) is 2.42. The first-order chi connectivity index (χ1) is 9.11. The average molecular weight is 286 g/mol. The van der Waals surface area contributed by atoms with Crippen LogP contribution in [0.15, 0.2) is 29.2 Å². The smallest absolute Gasteiger partial charge is 0.280 e. The highest BCUT2D eigenvalue weighted by Crippen LogP contribution is 2.20. The zero-order valence-electron chi connectivity index (χ0n) is 9.23. The number of hydrogen-bond acceptors (Lipinski definition) is 4. The number of nitrogens with one attached hydrogen (secondary N) is 1. The molecule has 0 aliphatic heterocycles. The molecule has 0 atom stereocenters. The first-order valence-electron chi connectivity index (χ1n) is 4.97. The van der Waals surface area contributed by atoms with Gasteiger partial charge in [0.1, 0.15) is 11.5 Å². The molecule has 1 N–H and O–H groups in total. The summed E-state index contributed by atoms with van der Waals surface area (Å²) in [5, 5.41) is 8.95. The number of anilines is 1. The van der Waals surface area contributed by atoms with Crippen LogP contribution in [-0.4, -0.2) is 16.2 Å². The standard InChI is InChI=1S/C11H6ClF2N3O2/c12-7-5-6(1-2-8(7)14)15-11(18)10-9(3-4-13)16-19-17-10/h1-5H,(H,15,18)/b4-3+. The van der Waals surface area contributed by atoms with E-state index in [4.69, 9.17) is 11.6 Å². The third kappa shape index (κ3) is 2.94. The summed E-state index contributed by atoms with van der Waals surface area (Å²) >= 11 is 5.57. The van der Waals surface area contributed by atoms with Gasteiger partial charge in [-0.25, -0.2) is 13.4 Å². The molecule has 2 rings (SSSR count). The Balaban J connectivity index is 2.20. The van der Waals surface area contributed by atoms with E-state index < -0.39 is 11.7 Å². The summed E-state index contributed by atoms with van der Waals surface area (Å²) in [5.74, 6) is -1.29. The lowest BCUT2D eigenvalue weighted by Crippen LogP contribution is -2.13. The molecular formula is C11H6ClF2N3O2. The number of benzene rings is 1. The van der Waals surface area contributed by atoms with Crippen molar-refractivity contribution >= 4 is 29.3 Å². The van der Waals surface area contributed by atoms with Gasteiger partial charge in [0.15, 0.2) is 5.69 Å². The Morgan fingerprint density at radius 1 is 1.42 bits per heavy atom. The molecule has 98 valence electrons. The molecule has 19 heavy (non-hydrogen) atoms. The van der Waals surface area contributed by atoms with Crippen molar-refractivity contribution in [3.8, 4) is 0 Å². The maximum atomic E-state index is 12.9. The fraction of sp³-hybridized carbons (Fsp3) is 0. The average Bonchev–Trinajstić information content (AvgIpc) is 2.83. The molecule has 0 saturated heterocycles. The van der Waals surface area contributed by atoms with E-state index in [-0.39, 0.29) is 28.4 Å². The van der Waals surface area contributed by atoms with Crippen LogP contribution in [0.4, 0.5) is 14.5 Å². The molecule has 0 spiro atoms. The van der Waals surface area contributed by atoms with E-state index in [0.29, 0.717) is 0 Å². The van der Waals surface area contributed by atoms with Gasteiger partial charge in [-0.1, -0.05) is 11.6 Å². The molecule has 5 nitrogen and oxygen atoms in total. The van der Waals surface area contributed by atoms with Crippen LogP contribution < -0.4 is 5.32 Å². The van der Waals surface area contributed by atoms with Crippen molar-refractivity contribution in [2.24, 2.45) is 0 Å². The molecule has 0 aliphatic rings. The van der Waals surface area contributed by atoms with Gasteiger partial charge in [0.2, 0.25) is 0 Å². The number of rotatable bonds is 3. The minimum atomic E-state index is -0.683. The van der Waals surface area contributed by atoms with Crippen molar-refractivity contribution in [2.45, 2.75) is 0 Å². The van der Waals surface area contributed by atoms with Crippen molar-refractivity contribution in [3.63, 3.8) is 0 Å². The molecule has 1 heterocycles. The van der Waals surface area contributed by atoms with Gasteiger partial charge in [-0.2, -0.15) is 0 Å². The second-order valence-electron chi connectivity index (χ2n) is 3.37. The number of hydrogen-bond donors (Lipinski definition) is 1. The lowest BCUT2D eigenvalue weighted by Gasteiger charge is -2.03. The topological polar surface area (TPSA) is 68.0 Å². The lowest BCUT2D eigenvalue weighted by atomic mass is 10.2. The van der Waals surface area contributed by atoms with Gasteiger partial charge in [0.25, 0.3) is 5.91 Å². The van der Waals surface area contributed by atoms with Gasteiger partial charge in [0, 0.05) is 5.69 Å². The minimum absolute atomic E-state index is 0.0618. The first kappa shape index (κ1) is 13.2. The molecule has 1 amide bonds. The molecule has 0 fully saturated rings. The highest BCUT2D eigenvalue weighted by atomic mass is 35.5. The van der Waals surface area contributed by atoms with E-state index in [2.05, 4.69) is 20.3 Å². The second-order valence-corrected chi connectivity index (χ2v) is 3.78. The Hall–Kier alpha value is -2.28. The molecular weight excluding hydrogens is 280 g/mol. The summed E-state index contributed by atoms with van der Waals surface area (Å²) in [5.41, 5.74) is -0.00265. The number of nitrogens with zero attached hydrogens (tertiary/aromatic N) is 2. The van der Waals surface area contributed by atoms with Crippen LogP contribution in [0, 0.1) is 5.82 Å². The van der Waals surface area contributed by atoms with Crippen LogP contribution in [0.5, 0.6) is 0 Å². The molecule has 1 aromatic heterocycles.